The fraction of sp³-hybridized carbons (Fsp3) is 0.206. The summed E-state index contributed by atoms with van der Waals surface area (Å²) in [5.41, 5.74) is 5.45. The molecule has 0 aromatic heterocycles. The van der Waals surface area contributed by atoms with Crippen molar-refractivity contribution in [3.63, 3.8) is 0 Å². The summed E-state index contributed by atoms with van der Waals surface area (Å²) >= 11 is 0. The van der Waals surface area contributed by atoms with Gasteiger partial charge in [0.2, 0.25) is 0 Å². The number of ether oxygens (including phenoxy) is 4. The second-order valence-corrected chi connectivity index (χ2v) is 10.7. The number of nitro groups is 1. The molecule has 0 unspecified atom stereocenters. The van der Waals surface area contributed by atoms with Gasteiger partial charge >= 0.3 is 5.97 Å². The number of methoxy groups -OCH3 is 2. The zero-order valence-electron chi connectivity index (χ0n) is 24.6. The van der Waals surface area contributed by atoms with Gasteiger partial charge in [-0.3, -0.25) is 10.1 Å². The summed E-state index contributed by atoms with van der Waals surface area (Å²) in [5, 5.41) is 15.0. The average molecular weight is 581 g/mol. The second kappa shape index (κ2) is 11.9. The van der Waals surface area contributed by atoms with Crippen molar-refractivity contribution in [3.05, 3.63) is 112 Å². The number of carbonyl (C=O) groups excluding carboxylic acids is 1. The molecule has 0 saturated heterocycles. The Hall–Kier alpha value is -5.31. The van der Waals surface area contributed by atoms with Crippen molar-refractivity contribution in [2.45, 2.75) is 32.9 Å². The van der Waals surface area contributed by atoms with Crippen LogP contribution < -0.4 is 24.3 Å². The molecule has 4 aromatic rings. The van der Waals surface area contributed by atoms with Crippen molar-refractivity contribution in [2.75, 3.05) is 19.5 Å². The molecule has 1 N–H and O–H groups in total. The minimum Gasteiger partial charge on any atom is -0.496 e. The molecule has 4 aromatic carbocycles. The van der Waals surface area contributed by atoms with E-state index in [2.05, 4.69) is 25.2 Å². The van der Waals surface area contributed by atoms with E-state index in [4.69, 9.17) is 18.9 Å². The van der Waals surface area contributed by atoms with Gasteiger partial charge in [0.25, 0.3) is 5.69 Å². The number of allylic oxidation sites excluding steroid dienone is 1. The molecule has 220 valence electrons. The van der Waals surface area contributed by atoms with Crippen LogP contribution in [-0.4, -0.2) is 30.7 Å². The molecule has 0 amide bonds. The van der Waals surface area contributed by atoms with Crippen LogP contribution in [0.5, 0.6) is 23.0 Å². The maximum absolute atomic E-state index is 12.7. The van der Waals surface area contributed by atoms with Crippen molar-refractivity contribution in [3.8, 4) is 34.1 Å². The molecule has 1 aliphatic rings. The van der Waals surface area contributed by atoms with Gasteiger partial charge in [0.05, 0.1) is 36.3 Å². The van der Waals surface area contributed by atoms with E-state index >= 15 is 0 Å². The second-order valence-electron chi connectivity index (χ2n) is 10.7. The van der Waals surface area contributed by atoms with Crippen LogP contribution in [0.1, 0.15) is 42.3 Å². The van der Waals surface area contributed by atoms with Gasteiger partial charge < -0.3 is 24.3 Å². The summed E-state index contributed by atoms with van der Waals surface area (Å²) in [6.45, 7) is 6.31. The van der Waals surface area contributed by atoms with Crippen LogP contribution in [0.15, 0.2) is 84.9 Å². The predicted molar refractivity (Wildman–Crippen MR) is 165 cm³/mol. The summed E-state index contributed by atoms with van der Waals surface area (Å²) in [6, 6.07) is 22.2. The van der Waals surface area contributed by atoms with Crippen LogP contribution in [0.3, 0.4) is 0 Å². The van der Waals surface area contributed by atoms with E-state index in [0.29, 0.717) is 22.8 Å². The molecule has 9 nitrogen and oxygen atoms in total. The summed E-state index contributed by atoms with van der Waals surface area (Å²) in [5.74, 6) is 0.995. The first-order valence-electron chi connectivity index (χ1n) is 13.6. The van der Waals surface area contributed by atoms with Gasteiger partial charge in [0.15, 0.2) is 11.5 Å². The van der Waals surface area contributed by atoms with Gasteiger partial charge in [0.1, 0.15) is 18.1 Å². The maximum atomic E-state index is 12.7. The molecule has 0 fully saturated rings. The number of nitro benzene ring substituents is 1. The highest BCUT2D eigenvalue weighted by molar-refractivity contribution is 5.92. The molecule has 0 saturated carbocycles. The van der Waals surface area contributed by atoms with E-state index in [1.807, 2.05) is 31.2 Å². The Balaban J connectivity index is 1.58. The third-order valence-corrected chi connectivity index (χ3v) is 7.15. The van der Waals surface area contributed by atoms with E-state index in [-0.39, 0.29) is 23.6 Å². The molecular formula is C34H32N2O7. The lowest BCUT2D eigenvalue weighted by atomic mass is 9.85. The highest BCUT2D eigenvalue weighted by Gasteiger charge is 2.27. The number of non-ortho nitro benzene ring substituents is 1. The van der Waals surface area contributed by atoms with Gasteiger partial charge in [-0.05, 0) is 68.3 Å². The number of rotatable bonds is 9. The van der Waals surface area contributed by atoms with Crippen LogP contribution in [-0.2, 0) is 6.61 Å². The monoisotopic (exact) mass is 580 g/mol. The molecular weight excluding hydrogens is 548 g/mol. The lowest BCUT2D eigenvalue weighted by Gasteiger charge is -2.33. The Kier molecular flexibility index (Phi) is 8.07. The van der Waals surface area contributed by atoms with Crippen molar-refractivity contribution in [1.29, 1.82) is 0 Å². The third-order valence-electron chi connectivity index (χ3n) is 7.15. The van der Waals surface area contributed by atoms with E-state index in [1.165, 1.54) is 25.3 Å². The largest absolute Gasteiger partial charge is 0.496 e. The van der Waals surface area contributed by atoms with E-state index in [1.54, 1.807) is 43.5 Å². The Morgan fingerprint density at radius 1 is 0.884 bits per heavy atom. The molecule has 0 bridgehead atoms. The molecule has 0 spiro atoms. The number of nitrogens with zero attached hydrogens (tertiary/aromatic N) is 1. The fourth-order valence-corrected chi connectivity index (χ4v) is 5.34. The third kappa shape index (κ3) is 6.16. The molecule has 0 aliphatic carbocycles. The standard InChI is InChI=1S/C34H32N2O7/c1-21-19-34(2,3)35-28-15-14-25(27(32(21)28)20-42-31-17-23(36(38)39)11-16-29(31)40-4)26-13-12-24(18-30(26)41-5)43-33(37)22-9-7-6-8-10-22/h6-19,35H,20H2,1-5H3. The van der Waals surface area contributed by atoms with E-state index in [0.717, 1.165) is 33.5 Å². The number of benzene rings is 4. The van der Waals surface area contributed by atoms with E-state index < -0.39 is 10.9 Å². The van der Waals surface area contributed by atoms with Gasteiger partial charge in [-0.25, -0.2) is 4.79 Å². The number of esters is 1. The first kappa shape index (κ1) is 29.2. The lowest BCUT2D eigenvalue weighted by molar-refractivity contribution is -0.385. The number of fused-ring (bicyclic) bond motifs is 1. The van der Waals surface area contributed by atoms with Gasteiger partial charge in [-0.15, -0.1) is 0 Å². The topological polar surface area (TPSA) is 109 Å². The number of nitrogens with one attached hydrogen (secondary N) is 1. The quantitative estimate of drug-likeness (QED) is 0.0929. The summed E-state index contributed by atoms with van der Waals surface area (Å²) in [4.78, 5) is 23.6. The Morgan fingerprint density at radius 3 is 2.30 bits per heavy atom. The zero-order chi connectivity index (χ0) is 30.7. The van der Waals surface area contributed by atoms with Crippen LogP contribution in [0, 0.1) is 10.1 Å². The van der Waals surface area contributed by atoms with Crippen LogP contribution >= 0.6 is 0 Å². The van der Waals surface area contributed by atoms with Crippen LogP contribution in [0.2, 0.25) is 0 Å². The minimum atomic E-state index is -0.474. The molecule has 0 radical (unpaired) electrons. The SMILES string of the molecule is COc1ccc([N+](=O)[O-])cc1OCc1c(-c2ccc(OC(=O)c3ccccc3)cc2OC)ccc2c1C(C)=CC(C)(C)N2. The van der Waals surface area contributed by atoms with Crippen LogP contribution in [0.25, 0.3) is 16.7 Å². The number of anilines is 1. The number of hydrogen-bond acceptors (Lipinski definition) is 8. The molecule has 43 heavy (non-hydrogen) atoms. The Morgan fingerprint density at radius 2 is 1.60 bits per heavy atom. The van der Waals surface area contributed by atoms with Gasteiger partial charge in [0, 0.05) is 34.5 Å². The Bertz CT molecular complexity index is 1730. The summed E-state index contributed by atoms with van der Waals surface area (Å²) in [7, 11) is 3.04. The number of hydrogen-bond donors (Lipinski definition) is 1. The van der Waals surface area contributed by atoms with E-state index in [9.17, 15) is 14.9 Å². The highest BCUT2D eigenvalue weighted by Crippen LogP contribution is 2.44. The molecule has 9 heteroatoms. The van der Waals surface area contributed by atoms with Crippen molar-refractivity contribution >= 4 is 22.9 Å². The maximum Gasteiger partial charge on any atom is 0.343 e. The average Bonchev–Trinajstić information content (AvgIpc) is 2.99. The van der Waals surface area contributed by atoms with Gasteiger partial charge in [-0.1, -0.05) is 30.3 Å². The summed E-state index contributed by atoms with van der Waals surface area (Å²) in [6.07, 6.45) is 2.15. The number of carbonyl (C=O) groups is 1. The van der Waals surface area contributed by atoms with Crippen molar-refractivity contribution < 1.29 is 28.7 Å². The highest BCUT2D eigenvalue weighted by atomic mass is 16.6. The minimum absolute atomic E-state index is 0.0806. The smallest absolute Gasteiger partial charge is 0.343 e. The normalized spacial score (nSPS) is 13.2. The first-order valence-corrected chi connectivity index (χ1v) is 13.6. The first-order chi connectivity index (χ1) is 20.6. The van der Waals surface area contributed by atoms with Crippen LogP contribution in [0.4, 0.5) is 11.4 Å². The predicted octanol–water partition coefficient (Wildman–Crippen LogP) is 7.68. The van der Waals surface area contributed by atoms with Crippen molar-refractivity contribution in [1.82, 2.24) is 0 Å². The molecule has 0 atom stereocenters. The van der Waals surface area contributed by atoms with Gasteiger partial charge in [-0.2, -0.15) is 0 Å². The molecule has 1 aliphatic heterocycles. The van der Waals surface area contributed by atoms with Crippen molar-refractivity contribution in [2.24, 2.45) is 0 Å². The molecule has 5 rings (SSSR count). The lowest BCUT2D eigenvalue weighted by Crippen LogP contribution is -2.32. The fourth-order valence-electron chi connectivity index (χ4n) is 5.34. The Labute approximate surface area is 249 Å². The summed E-state index contributed by atoms with van der Waals surface area (Å²) < 4.78 is 23.1. The molecule has 1 heterocycles. The zero-order valence-corrected chi connectivity index (χ0v) is 24.6.